The van der Waals surface area contributed by atoms with Gasteiger partial charge in [0.15, 0.2) is 6.61 Å². The molecule has 1 aromatic carbocycles. The molecule has 0 radical (unpaired) electrons. The van der Waals surface area contributed by atoms with Crippen molar-refractivity contribution >= 4 is 23.5 Å². The first kappa shape index (κ1) is 20.7. The average Bonchev–Trinajstić information content (AvgIpc) is 2.57. The predicted octanol–water partition coefficient (Wildman–Crippen LogP) is 3.28. The van der Waals surface area contributed by atoms with Crippen LogP contribution in [-0.2, 0) is 14.3 Å². The van der Waals surface area contributed by atoms with Crippen molar-refractivity contribution in [2.24, 2.45) is 0 Å². The van der Waals surface area contributed by atoms with Gasteiger partial charge in [0.25, 0.3) is 5.91 Å². The Hall–Kier alpha value is -2.37. The Kier molecular flexibility index (Phi) is 9.29. The standard InChI is InChI=1S/C19H28N2O4/c1-4-5-6-7-8-14(2)20-18(23)13-25-19(24)16-9-11-17(12-10-16)21-15(3)22/h9-12,14H,4-8,13H2,1-3H3,(H,20,23)(H,21,22)/t14-/m1/s1. The van der Waals surface area contributed by atoms with Crippen molar-refractivity contribution in [2.75, 3.05) is 11.9 Å². The lowest BCUT2D eigenvalue weighted by Gasteiger charge is -2.13. The summed E-state index contributed by atoms with van der Waals surface area (Å²) in [5.74, 6) is -1.05. The lowest BCUT2D eigenvalue weighted by Crippen LogP contribution is -2.35. The highest BCUT2D eigenvalue weighted by Crippen LogP contribution is 2.10. The van der Waals surface area contributed by atoms with Gasteiger partial charge in [-0.3, -0.25) is 9.59 Å². The molecule has 0 aliphatic heterocycles. The molecule has 1 atom stereocenters. The SMILES string of the molecule is CCCCCC[C@@H](C)NC(=O)COC(=O)c1ccc(NC(C)=O)cc1. The number of rotatable bonds is 10. The largest absolute Gasteiger partial charge is 0.452 e. The van der Waals surface area contributed by atoms with Gasteiger partial charge in [-0.15, -0.1) is 0 Å². The molecule has 1 aromatic rings. The summed E-state index contributed by atoms with van der Waals surface area (Å²) in [6, 6.07) is 6.37. The van der Waals surface area contributed by atoms with Gasteiger partial charge < -0.3 is 15.4 Å². The summed E-state index contributed by atoms with van der Waals surface area (Å²) in [6.45, 7) is 5.22. The van der Waals surface area contributed by atoms with Crippen LogP contribution >= 0.6 is 0 Å². The van der Waals surface area contributed by atoms with E-state index in [2.05, 4.69) is 17.6 Å². The van der Waals surface area contributed by atoms with Gasteiger partial charge in [0.1, 0.15) is 0 Å². The van der Waals surface area contributed by atoms with E-state index in [0.29, 0.717) is 11.3 Å². The van der Waals surface area contributed by atoms with Gasteiger partial charge in [-0.1, -0.05) is 32.6 Å². The molecule has 0 bridgehead atoms. The maximum absolute atomic E-state index is 11.9. The Morgan fingerprint density at radius 2 is 1.76 bits per heavy atom. The molecule has 2 N–H and O–H groups in total. The van der Waals surface area contributed by atoms with Gasteiger partial charge in [-0.05, 0) is 37.6 Å². The van der Waals surface area contributed by atoms with Crippen molar-refractivity contribution in [3.63, 3.8) is 0 Å². The summed E-state index contributed by atoms with van der Waals surface area (Å²) in [5.41, 5.74) is 0.924. The van der Waals surface area contributed by atoms with E-state index in [1.54, 1.807) is 24.3 Å². The fourth-order valence-electron chi connectivity index (χ4n) is 2.37. The molecule has 0 unspecified atom stereocenters. The number of anilines is 1. The molecule has 0 aliphatic rings. The Bertz CT molecular complexity index is 569. The third-order valence-corrected chi connectivity index (χ3v) is 3.67. The number of carbonyl (C=O) groups is 3. The highest BCUT2D eigenvalue weighted by atomic mass is 16.5. The molecule has 0 saturated heterocycles. The minimum Gasteiger partial charge on any atom is -0.452 e. The number of nitrogens with one attached hydrogen (secondary N) is 2. The van der Waals surface area contributed by atoms with Crippen LogP contribution in [0.25, 0.3) is 0 Å². The number of amides is 2. The Labute approximate surface area is 149 Å². The lowest BCUT2D eigenvalue weighted by molar-refractivity contribution is -0.124. The molecule has 0 fully saturated rings. The van der Waals surface area contributed by atoms with Crippen LogP contribution in [0.4, 0.5) is 5.69 Å². The van der Waals surface area contributed by atoms with Crippen LogP contribution in [0.5, 0.6) is 0 Å². The van der Waals surface area contributed by atoms with Crippen molar-refractivity contribution in [1.29, 1.82) is 0 Å². The van der Waals surface area contributed by atoms with Crippen molar-refractivity contribution < 1.29 is 19.1 Å². The second kappa shape index (κ2) is 11.2. The molecule has 1 rings (SSSR count). The van der Waals surface area contributed by atoms with E-state index in [1.165, 1.54) is 26.2 Å². The first-order valence-corrected chi connectivity index (χ1v) is 8.76. The molecule has 138 valence electrons. The normalized spacial score (nSPS) is 11.5. The van der Waals surface area contributed by atoms with E-state index < -0.39 is 5.97 Å². The minimum atomic E-state index is -0.569. The third-order valence-electron chi connectivity index (χ3n) is 3.67. The summed E-state index contributed by atoms with van der Waals surface area (Å²) in [4.78, 5) is 34.7. The van der Waals surface area contributed by atoms with E-state index >= 15 is 0 Å². The summed E-state index contributed by atoms with van der Waals surface area (Å²) in [6.07, 6.45) is 5.56. The van der Waals surface area contributed by atoms with Crippen LogP contribution in [0.2, 0.25) is 0 Å². The minimum absolute atomic E-state index is 0.0694. The first-order chi connectivity index (χ1) is 11.9. The molecule has 0 aliphatic carbocycles. The zero-order valence-corrected chi connectivity index (χ0v) is 15.3. The zero-order chi connectivity index (χ0) is 18.7. The third kappa shape index (κ3) is 8.88. The van der Waals surface area contributed by atoms with E-state index in [9.17, 15) is 14.4 Å². The lowest BCUT2D eigenvalue weighted by atomic mass is 10.1. The first-order valence-electron chi connectivity index (χ1n) is 8.76. The van der Waals surface area contributed by atoms with Gasteiger partial charge >= 0.3 is 5.97 Å². The molecule has 25 heavy (non-hydrogen) atoms. The number of hydrogen-bond acceptors (Lipinski definition) is 4. The highest BCUT2D eigenvalue weighted by molar-refractivity contribution is 5.93. The number of carbonyl (C=O) groups excluding carboxylic acids is 3. The fraction of sp³-hybridized carbons (Fsp3) is 0.526. The number of esters is 1. The van der Waals surface area contributed by atoms with Gasteiger partial charge in [-0.25, -0.2) is 4.79 Å². The number of ether oxygens (including phenoxy) is 1. The number of unbranched alkanes of at least 4 members (excludes halogenated alkanes) is 3. The van der Waals surface area contributed by atoms with Crippen LogP contribution in [0.15, 0.2) is 24.3 Å². The summed E-state index contributed by atoms with van der Waals surface area (Å²) in [5, 5.41) is 5.44. The quantitative estimate of drug-likeness (QED) is 0.502. The van der Waals surface area contributed by atoms with Gasteiger partial charge in [0.05, 0.1) is 5.56 Å². The molecule has 0 aromatic heterocycles. The van der Waals surface area contributed by atoms with Crippen molar-refractivity contribution in [3.8, 4) is 0 Å². The van der Waals surface area contributed by atoms with E-state index in [-0.39, 0.29) is 24.5 Å². The Morgan fingerprint density at radius 1 is 1.08 bits per heavy atom. The maximum Gasteiger partial charge on any atom is 0.338 e. The molecule has 6 heteroatoms. The van der Waals surface area contributed by atoms with Crippen LogP contribution in [-0.4, -0.2) is 30.4 Å². The topological polar surface area (TPSA) is 84.5 Å². The summed E-state index contributed by atoms with van der Waals surface area (Å²) < 4.78 is 5.02. The van der Waals surface area contributed by atoms with Crippen LogP contribution in [0.1, 0.15) is 63.2 Å². The highest BCUT2D eigenvalue weighted by Gasteiger charge is 2.12. The van der Waals surface area contributed by atoms with Gasteiger partial charge in [0.2, 0.25) is 5.91 Å². The van der Waals surface area contributed by atoms with Crippen molar-refractivity contribution in [1.82, 2.24) is 5.32 Å². The second-order valence-electron chi connectivity index (χ2n) is 6.15. The monoisotopic (exact) mass is 348 g/mol. The van der Waals surface area contributed by atoms with E-state index in [4.69, 9.17) is 4.74 Å². The predicted molar refractivity (Wildman–Crippen MR) is 97.4 cm³/mol. The molecule has 6 nitrogen and oxygen atoms in total. The van der Waals surface area contributed by atoms with Crippen molar-refractivity contribution in [3.05, 3.63) is 29.8 Å². The maximum atomic E-state index is 11.9. The number of benzene rings is 1. The molecule has 2 amide bonds. The van der Waals surface area contributed by atoms with Crippen LogP contribution < -0.4 is 10.6 Å². The summed E-state index contributed by atoms with van der Waals surface area (Å²) in [7, 11) is 0. The van der Waals surface area contributed by atoms with Gasteiger partial charge in [-0.2, -0.15) is 0 Å². The fourth-order valence-corrected chi connectivity index (χ4v) is 2.37. The zero-order valence-electron chi connectivity index (χ0n) is 15.3. The summed E-state index contributed by atoms with van der Waals surface area (Å²) >= 11 is 0. The molecular formula is C19H28N2O4. The van der Waals surface area contributed by atoms with Crippen LogP contribution in [0.3, 0.4) is 0 Å². The van der Waals surface area contributed by atoms with Gasteiger partial charge in [0, 0.05) is 18.7 Å². The molecule has 0 saturated carbocycles. The van der Waals surface area contributed by atoms with Crippen LogP contribution in [0, 0.1) is 0 Å². The molecular weight excluding hydrogens is 320 g/mol. The Balaban J connectivity index is 2.32. The van der Waals surface area contributed by atoms with E-state index in [0.717, 1.165) is 12.8 Å². The smallest absolute Gasteiger partial charge is 0.338 e. The molecule has 0 spiro atoms. The van der Waals surface area contributed by atoms with Crippen molar-refractivity contribution in [2.45, 2.75) is 58.9 Å². The van der Waals surface area contributed by atoms with E-state index in [1.807, 2.05) is 6.92 Å². The second-order valence-corrected chi connectivity index (χ2v) is 6.15. The number of hydrogen-bond donors (Lipinski definition) is 2. The average molecular weight is 348 g/mol. The Morgan fingerprint density at radius 3 is 2.36 bits per heavy atom. The molecule has 0 heterocycles.